The number of nitrogens with zero attached hydrogens (tertiary/aromatic N) is 2. The van der Waals surface area contributed by atoms with Crippen molar-refractivity contribution in [2.45, 2.75) is 0 Å². The molecule has 0 aliphatic rings. The van der Waals surface area contributed by atoms with Crippen LogP contribution in [0.3, 0.4) is 0 Å². The molecule has 2 aromatic rings. The minimum atomic E-state index is -1.05. The maximum Gasteiger partial charge on any atom is 0.182 e. The zero-order valence-corrected chi connectivity index (χ0v) is 11.3. The van der Waals surface area contributed by atoms with Crippen molar-refractivity contribution in [3.8, 4) is 6.07 Å². The van der Waals surface area contributed by atoms with Gasteiger partial charge in [0.1, 0.15) is 0 Å². The first kappa shape index (κ1) is 14.7. The van der Waals surface area contributed by atoms with Crippen molar-refractivity contribution in [2.75, 3.05) is 18.5 Å². The van der Waals surface area contributed by atoms with Gasteiger partial charge < -0.3 is 4.90 Å². The van der Waals surface area contributed by atoms with Gasteiger partial charge in [-0.15, -0.1) is 0 Å². The number of benzene rings is 2. The molecular weight excluding hydrogens is 274 g/mol. The van der Waals surface area contributed by atoms with E-state index >= 15 is 0 Å². The standard InChI is InChI=1S/C16H12F2N2O/c1-20(13-4-2-3-11(7-13)9-19)10-16(21)12-5-6-14(17)15(18)8-12/h2-8H,10H2,1H3. The largest absolute Gasteiger partial charge is 0.367 e. The Morgan fingerprint density at radius 1 is 1.19 bits per heavy atom. The topological polar surface area (TPSA) is 44.1 Å². The monoisotopic (exact) mass is 286 g/mol. The predicted molar refractivity (Wildman–Crippen MR) is 75.1 cm³/mol. The molecule has 3 nitrogen and oxygen atoms in total. The zero-order chi connectivity index (χ0) is 15.4. The van der Waals surface area contributed by atoms with E-state index in [1.165, 1.54) is 6.07 Å². The van der Waals surface area contributed by atoms with Gasteiger partial charge in [-0.25, -0.2) is 8.78 Å². The van der Waals surface area contributed by atoms with Crippen LogP contribution in [0.2, 0.25) is 0 Å². The third-order valence-corrected chi connectivity index (χ3v) is 3.04. The fourth-order valence-electron chi connectivity index (χ4n) is 1.88. The predicted octanol–water partition coefficient (Wildman–Crippen LogP) is 3.16. The summed E-state index contributed by atoms with van der Waals surface area (Å²) in [5.41, 5.74) is 1.29. The normalized spacial score (nSPS) is 10.0. The summed E-state index contributed by atoms with van der Waals surface area (Å²) < 4.78 is 26.0. The molecule has 0 aliphatic heterocycles. The zero-order valence-electron chi connectivity index (χ0n) is 11.3. The van der Waals surface area contributed by atoms with E-state index in [4.69, 9.17) is 5.26 Å². The van der Waals surface area contributed by atoms with Crippen LogP contribution >= 0.6 is 0 Å². The van der Waals surface area contributed by atoms with Crippen LogP contribution in [0.15, 0.2) is 42.5 Å². The second kappa shape index (κ2) is 6.14. The second-order valence-electron chi connectivity index (χ2n) is 4.57. The van der Waals surface area contributed by atoms with Crippen molar-refractivity contribution in [1.82, 2.24) is 0 Å². The van der Waals surface area contributed by atoms with Crippen LogP contribution in [0.5, 0.6) is 0 Å². The van der Waals surface area contributed by atoms with Gasteiger partial charge in [-0.1, -0.05) is 6.07 Å². The second-order valence-corrected chi connectivity index (χ2v) is 4.57. The quantitative estimate of drug-likeness (QED) is 0.811. The number of carbonyl (C=O) groups excluding carboxylic acids is 1. The third-order valence-electron chi connectivity index (χ3n) is 3.04. The van der Waals surface area contributed by atoms with Crippen LogP contribution in [0.1, 0.15) is 15.9 Å². The maximum atomic E-state index is 13.1. The molecule has 0 unspecified atom stereocenters. The summed E-state index contributed by atoms with van der Waals surface area (Å²) in [6, 6.07) is 11.9. The van der Waals surface area contributed by atoms with Gasteiger partial charge in [0.2, 0.25) is 0 Å². The van der Waals surface area contributed by atoms with Crippen molar-refractivity contribution < 1.29 is 13.6 Å². The first-order valence-electron chi connectivity index (χ1n) is 6.21. The molecule has 0 N–H and O–H groups in total. The van der Waals surface area contributed by atoms with Gasteiger partial charge in [0.15, 0.2) is 17.4 Å². The van der Waals surface area contributed by atoms with Crippen LogP contribution in [-0.4, -0.2) is 19.4 Å². The average Bonchev–Trinajstić information content (AvgIpc) is 2.49. The summed E-state index contributed by atoms with van der Waals surface area (Å²) in [5.74, 6) is -2.37. The van der Waals surface area contributed by atoms with E-state index in [9.17, 15) is 13.6 Å². The smallest absolute Gasteiger partial charge is 0.182 e. The fourth-order valence-corrected chi connectivity index (χ4v) is 1.88. The molecule has 0 aliphatic carbocycles. The van der Waals surface area contributed by atoms with Crippen molar-refractivity contribution in [2.24, 2.45) is 0 Å². The van der Waals surface area contributed by atoms with E-state index in [-0.39, 0.29) is 17.9 Å². The Morgan fingerprint density at radius 3 is 2.62 bits per heavy atom. The lowest BCUT2D eigenvalue weighted by molar-refractivity contribution is 0.1000. The molecule has 0 radical (unpaired) electrons. The Bertz CT molecular complexity index is 722. The van der Waals surface area contributed by atoms with Gasteiger partial charge in [0.05, 0.1) is 18.2 Å². The van der Waals surface area contributed by atoms with Gasteiger partial charge in [-0.2, -0.15) is 5.26 Å². The minimum Gasteiger partial charge on any atom is -0.367 e. The number of hydrogen-bond donors (Lipinski definition) is 0. The Labute approximate surface area is 121 Å². The molecule has 0 fully saturated rings. The molecule has 0 aromatic heterocycles. The molecule has 0 saturated carbocycles. The Balaban J connectivity index is 2.14. The SMILES string of the molecule is CN(CC(=O)c1ccc(F)c(F)c1)c1cccc(C#N)c1. The maximum absolute atomic E-state index is 13.1. The molecule has 0 bridgehead atoms. The first-order valence-corrected chi connectivity index (χ1v) is 6.21. The number of nitriles is 1. The summed E-state index contributed by atoms with van der Waals surface area (Å²) in [6.45, 7) is -0.0000454. The van der Waals surface area contributed by atoms with Crippen molar-refractivity contribution in [3.63, 3.8) is 0 Å². The first-order chi connectivity index (χ1) is 10.0. The molecule has 0 heterocycles. The molecule has 21 heavy (non-hydrogen) atoms. The molecule has 0 saturated heterocycles. The lowest BCUT2D eigenvalue weighted by Gasteiger charge is -2.18. The number of likely N-dealkylation sites (N-methyl/N-ethyl adjacent to an activating group) is 1. The molecule has 0 spiro atoms. The highest BCUT2D eigenvalue weighted by molar-refractivity contribution is 5.99. The molecular formula is C16H12F2N2O. The van der Waals surface area contributed by atoms with E-state index in [0.29, 0.717) is 11.3 Å². The molecule has 5 heteroatoms. The Kier molecular flexibility index (Phi) is 4.29. The third kappa shape index (κ3) is 3.42. The number of anilines is 1. The summed E-state index contributed by atoms with van der Waals surface area (Å²) in [5, 5.41) is 8.85. The number of carbonyl (C=O) groups is 1. The van der Waals surface area contributed by atoms with Crippen molar-refractivity contribution >= 4 is 11.5 Å². The van der Waals surface area contributed by atoms with Crippen molar-refractivity contribution in [3.05, 3.63) is 65.2 Å². The van der Waals surface area contributed by atoms with Gasteiger partial charge in [0, 0.05) is 18.3 Å². The highest BCUT2D eigenvalue weighted by Gasteiger charge is 2.13. The van der Waals surface area contributed by atoms with Crippen LogP contribution < -0.4 is 4.90 Å². The lowest BCUT2D eigenvalue weighted by Crippen LogP contribution is -2.25. The van der Waals surface area contributed by atoms with Crippen LogP contribution in [0, 0.1) is 23.0 Å². The van der Waals surface area contributed by atoms with Gasteiger partial charge in [-0.05, 0) is 36.4 Å². The van der Waals surface area contributed by atoms with Crippen LogP contribution in [-0.2, 0) is 0 Å². The van der Waals surface area contributed by atoms with Crippen LogP contribution in [0.4, 0.5) is 14.5 Å². The Morgan fingerprint density at radius 2 is 1.95 bits per heavy atom. The molecule has 106 valence electrons. The fraction of sp³-hybridized carbons (Fsp3) is 0.125. The summed E-state index contributed by atoms with van der Waals surface area (Å²) in [6.07, 6.45) is 0. The molecule has 0 atom stereocenters. The van der Waals surface area contributed by atoms with Gasteiger partial charge in [0.25, 0.3) is 0 Å². The highest BCUT2D eigenvalue weighted by Crippen LogP contribution is 2.16. The summed E-state index contributed by atoms with van der Waals surface area (Å²) >= 11 is 0. The van der Waals surface area contributed by atoms with E-state index < -0.39 is 11.6 Å². The average molecular weight is 286 g/mol. The van der Waals surface area contributed by atoms with Crippen LogP contribution in [0.25, 0.3) is 0 Å². The molecule has 2 aromatic carbocycles. The van der Waals surface area contributed by atoms with E-state index in [1.807, 2.05) is 6.07 Å². The number of ketones is 1. The van der Waals surface area contributed by atoms with E-state index in [1.54, 1.807) is 36.2 Å². The summed E-state index contributed by atoms with van der Waals surface area (Å²) in [7, 11) is 1.69. The van der Waals surface area contributed by atoms with Gasteiger partial charge >= 0.3 is 0 Å². The Hall–Kier alpha value is -2.74. The molecule has 0 amide bonds. The highest BCUT2D eigenvalue weighted by atomic mass is 19.2. The number of Topliss-reactive ketones (excluding diaryl/α,β-unsaturated/α-hetero) is 1. The number of rotatable bonds is 4. The number of halogens is 2. The van der Waals surface area contributed by atoms with Gasteiger partial charge in [-0.3, -0.25) is 4.79 Å². The van der Waals surface area contributed by atoms with Crippen molar-refractivity contribution in [1.29, 1.82) is 5.26 Å². The number of hydrogen-bond acceptors (Lipinski definition) is 3. The minimum absolute atomic E-state index is 0.0000454. The van der Waals surface area contributed by atoms with E-state index in [2.05, 4.69) is 0 Å². The summed E-state index contributed by atoms with van der Waals surface area (Å²) in [4.78, 5) is 13.7. The van der Waals surface area contributed by atoms with E-state index in [0.717, 1.165) is 12.1 Å². The molecule has 2 rings (SSSR count). The lowest BCUT2D eigenvalue weighted by atomic mass is 10.1.